The van der Waals surface area contributed by atoms with Crippen LogP contribution in [0.2, 0.25) is 10.0 Å². The molecule has 1 heterocycles. The molecule has 3 aromatic carbocycles. The molecule has 0 saturated heterocycles. The third kappa shape index (κ3) is 6.30. The fraction of sp³-hybridized carbons (Fsp3) is 0.167. The molecule has 0 amide bonds. The lowest BCUT2D eigenvalue weighted by Gasteiger charge is -2.16. The Labute approximate surface area is 215 Å². The molecule has 0 aliphatic heterocycles. The van der Waals surface area contributed by atoms with Gasteiger partial charge in [0, 0.05) is 15.6 Å². The number of nitro groups is 1. The lowest BCUT2D eigenvalue weighted by atomic mass is 10.1. The van der Waals surface area contributed by atoms with Crippen LogP contribution in [0.25, 0.3) is 5.69 Å². The van der Waals surface area contributed by atoms with Crippen LogP contribution in [0.1, 0.15) is 22.2 Å². The number of thioether (sulfide) groups is 1. The van der Waals surface area contributed by atoms with Crippen molar-refractivity contribution in [2.75, 3.05) is 6.54 Å². The molecule has 35 heavy (non-hydrogen) atoms. The molecule has 0 unspecified atom stereocenters. The summed E-state index contributed by atoms with van der Waals surface area (Å²) < 4.78 is 20.9. The van der Waals surface area contributed by atoms with Gasteiger partial charge in [0.25, 0.3) is 0 Å². The SMILES string of the molecule is Cc1nnc(S[C@@H](C[N+](=O)[O-])c2ccc(OCc3ccc(Cl)cc3)c(Cl)c2)n1-c1ccc(F)cc1. The number of hydrogen-bond acceptors (Lipinski definition) is 6. The summed E-state index contributed by atoms with van der Waals surface area (Å²) in [6, 6.07) is 18.2. The summed E-state index contributed by atoms with van der Waals surface area (Å²) in [7, 11) is 0. The molecule has 180 valence electrons. The first kappa shape index (κ1) is 25.0. The number of benzene rings is 3. The predicted octanol–water partition coefficient (Wildman–Crippen LogP) is 6.71. The van der Waals surface area contributed by atoms with Gasteiger partial charge >= 0.3 is 0 Å². The zero-order valence-electron chi connectivity index (χ0n) is 18.4. The topological polar surface area (TPSA) is 83.1 Å². The second kappa shape index (κ2) is 11.1. The minimum Gasteiger partial charge on any atom is -0.487 e. The van der Waals surface area contributed by atoms with Gasteiger partial charge in [0.2, 0.25) is 6.54 Å². The average molecular weight is 533 g/mol. The standard InChI is InChI=1S/C24H19Cl2FN4O3S/c1-15-28-29-24(31(15)20-9-7-19(27)8-10-20)35-23(13-30(32)33)17-4-11-22(21(26)12-17)34-14-16-2-5-18(25)6-3-16/h2-12,23H,13-14H2,1H3/t23-/m0/s1. The second-order valence-electron chi connectivity index (χ2n) is 7.57. The maximum absolute atomic E-state index is 13.4. The molecule has 1 aromatic heterocycles. The van der Waals surface area contributed by atoms with Crippen molar-refractivity contribution in [2.45, 2.75) is 23.9 Å². The summed E-state index contributed by atoms with van der Waals surface area (Å²) in [6.07, 6.45) is 0. The van der Waals surface area contributed by atoms with E-state index in [4.69, 9.17) is 27.9 Å². The van der Waals surface area contributed by atoms with Gasteiger partial charge in [-0.25, -0.2) is 4.39 Å². The van der Waals surface area contributed by atoms with Crippen LogP contribution in [0.4, 0.5) is 4.39 Å². The van der Waals surface area contributed by atoms with Crippen molar-refractivity contribution < 1.29 is 14.1 Å². The summed E-state index contributed by atoms with van der Waals surface area (Å²) in [5.74, 6) is 0.663. The molecule has 0 bridgehead atoms. The third-order valence-corrected chi connectivity index (χ3v) is 6.81. The summed E-state index contributed by atoms with van der Waals surface area (Å²) in [6.45, 7) is 1.69. The van der Waals surface area contributed by atoms with Crippen LogP contribution >= 0.6 is 35.0 Å². The van der Waals surface area contributed by atoms with Crippen LogP contribution in [-0.2, 0) is 6.61 Å². The van der Waals surface area contributed by atoms with Crippen molar-refractivity contribution in [1.29, 1.82) is 0 Å². The van der Waals surface area contributed by atoms with E-state index in [-0.39, 0.29) is 17.3 Å². The van der Waals surface area contributed by atoms with Crippen molar-refractivity contribution in [1.82, 2.24) is 14.8 Å². The molecule has 7 nitrogen and oxygen atoms in total. The summed E-state index contributed by atoms with van der Waals surface area (Å²) in [4.78, 5) is 11.1. The van der Waals surface area contributed by atoms with Gasteiger partial charge in [-0.1, -0.05) is 53.2 Å². The van der Waals surface area contributed by atoms with Crippen molar-refractivity contribution in [2.24, 2.45) is 0 Å². The van der Waals surface area contributed by atoms with Crippen molar-refractivity contribution in [3.8, 4) is 11.4 Å². The van der Waals surface area contributed by atoms with E-state index in [9.17, 15) is 14.5 Å². The molecule has 0 aliphatic carbocycles. The Balaban J connectivity index is 1.56. The molecular weight excluding hydrogens is 514 g/mol. The van der Waals surface area contributed by atoms with Crippen molar-refractivity contribution >= 4 is 35.0 Å². The van der Waals surface area contributed by atoms with Gasteiger partial charge in [-0.05, 0) is 66.6 Å². The molecule has 4 aromatic rings. The number of ether oxygens (including phenoxy) is 1. The zero-order chi connectivity index (χ0) is 24.9. The lowest BCUT2D eigenvalue weighted by molar-refractivity contribution is -0.479. The highest BCUT2D eigenvalue weighted by Crippen LogP contribution is 2.38. The number of aromatic nitrogens is 3. The van der Waals surface area contributed by atoms with Crippen LogP contribution in [0.3, 0.4) is 0 Å². The van der Waals surface area contributed by atoms with E-state index in [0.717, 1.165) is 5.56 Å². The van der Waals surface area contributed by atoms with Crippen LogP contribution in [0.15, 0.2) is 71.9 Å². The number of hydrogen-bond donors (Lipinski definition) is 0. The number of rotatable bonds is 9. The van der Waals surface area contributed by atoms with Crippen molar-refractivity contribution in [3.63, 3.8) is 0 Å². The first-order chi connectivity index (χ1) is 16.8. The van der Waals surface area contributed by atoms with E-state index >= 15 is 0 Å². The molecule has 0 fully saturated rings. The molecular formula is C24H19Cl2FN4O3S. The van der Waals surface area contributed by atoms with E-state index in [0.29, 0.717) is 44.6 Å². The third-order valence-electron chi connectivity index (χ3n) is 5.08. The molecule has 4 rings (SSSR count). The fourth-order valence-electron chi connectivity index (χ4n) is 3.36. The van der Waals surface area contributed by atoms with Crippen molar-refractivity contribution in [3.05, 3.63) is 110 Å². The average Bonchev–Trinajstić information content (AvgIpc) is 3.19. The van der Waals surface area contributed by atoms with Gasteiger partial charge in [0.05, 0.1) is 5.02 Å². The Morgan fingerprint density at radius 3 is 2.46 bits per heavy atom. The molecule has 0 spiro atoms. The van der Waals surface area contributed by atoms with Gasteiger partial charge < -0.3 is 4.74 Å². The summed E-state index contributed by atoms with van der Waals surface area (Å²) >= 11 is 13.6. The minimum atomic E-state index is -0.601. The van der Waals surface area contributed by atoms with Crippen LogP contribution in [-0.4, -0.2) is 26.2 Å². The highest BCUT2D eigenvalue weighted by molar-refractivity contribution is 7.99. The Hall–Kier alpha value is -3.14. The second-order valence-corrected chi connectivity index (χ2v) is 9.58. The van der Waals surface area contributed by atoms with Gasteiger partial charge in [-0.3, -0.25) is 14.7 Å². The van der Waals surface area contributed by atoms with Crippen LogP contribution < -0.4 is 4.74 Å². The summed E-state index contributed by atoms with van der Waals surface area (Å²) in [5.41, 5.74) is 2.22. The highest BCUT2D eigenvalue weighted by Gasteiger charge is 2.24. The Kier molecular flexibility index (Phi) is 7.90. The van der Waals surface area contributed by atoms with E-state index in [1.807, 2.05) is 12.1 Å². The van der Waals surface area contributed by atoms with Gasteiger partial charge in [-0.15, -0.1) is 10.2 Å². The Morgan fingerprint density at radius 2 is 1.80 bits per heavy atom. The quantitative estimate of drug-likeness (QED) is 0.135. The number of nitrogens with zero attached hydrogens (tertiary/aromatic N) is 4. The van der Waals surface area contributed by atoms with Gasteiger partial charge in [0.1, 0.15) is 29.2 Å². The zero-order valence-corrected chi connectivity index (χ0v) is 20.7. The minimum absolute atomic E-state index is 0.295. The Bertz CT molecular complexity index is 1330. The molecule has 0 N–H and O–H groups in total. The molecule has 1 atom stereocenters. The summed E-state index contributed by atoms with van der Waals surface area (Å²) in [5, 5.41) is 20.6. The maximum atomic E-state index is 13.4. The predicted molar refractivity (Wildman–Crippen MR) is 134 cm³/mol. The van der Waals surface area contributed by atoms with Crippen LogP contribution in [0, 0.1) is 22.9 Å². The monoisotopic (exact) mass is 532 g/mol. The van der Waals surface area contributed by atoms with E-state index in [1.165, 1.54) is 23.9 Å². The molecule has 0 radical (unpaired) electrons. The Morgan fingerprint density at radius 1 is 1.09 bits per heavy atom. The molecule has 0 saturated carbocycles. The first-order valence-electron chi connectivity index (χ1n) is 10.4. The lowest BCUT2D eigenvalue weighted by Crippen LogP contribution is -2.11. The van der Waals surface area contributed by atoms with Gasteiger partial charge in [0.15, 0.2) is 5.16 Å². The highest BCUT2D eigenvalue weighted by atomic mass is 35.5. The molecule has 11 heteroatoms. The molecule has 0 aliphatic rings. The van der Waals surface area contributed by atoms with Crippen LogP contribution in [0.5, 0.6) is 5.75 Å². The fourth-order valence-corrected chi connectivity index (χ4v) is 4.89. The number of halogens is 3. The van der Waals surface area contributed by atoms with Gasteiger partial charge in [-0.2, -0.15) is 0 Å². The number of aryl methyl sites for hydroxylation is 1. The smallest absolute Gasteiger partial charge is 0.220 e. The maximum Gasteiger partial charge on any atom is 0.220 e. The first-order valence-corrected chi connectivity index (χ1v) is 12.1. The van der Waals surface area contributed by atoms with E-state index in [2.05, 4.69) is 10.2 Å². The largest absolute Gasteiger partial charge is 0.487 e. The normalized spacial score (nSPS) is 11.9. The van der Waals surface area contributed by atoms with E-state index < -0.39 is 5.25 Å². The van der Waals surface area contributed by atoms with E-state index in [1.54, 1.807) is 54.0 Å².